The third kappa shape index (κ3) is 4.12. The Balaban J connectivity index is 1.96. The van der Waals surface area contributed by atoms with Gasteiger partial charge in [0.1, 0.15) is 11.4 Å². The topological polar surface area (TPSA) is 41.6 Å². The van der Waals surface area contributed by atoms with E-state index in [1.54, 1.807) is 11.0 Å². The second-order valence-corrected chi connectivity index (χ2v) is 7.46. The highest BCUT2D eigenvalue weighted by Crippen LogP contribution is 2.42. The summed E-state index contributed by atoms with van der Waals surface area (Å²) in [6, 6.07) is 8.15. The van der Waals surface area contributed by atoms with Crippen molar-refractivity contribution in [3.63, 3.8) is 0 Å². The molecule has 28 heavy (non-hydrogen) atoms. The maximum absolute atomic E-state index is 12.2. The fourth-order valence-electron chi connectivity index (χ4n) is 3.85. The Hall–Kier alpha value is -2.59. The van der Waals surface area contributed by atoms with Gasteiger partial charge in [0.2, 0.25) is 5.91 Å². The molecule has 1 N–H and O–H groups in total. The lowest BCUT2D eigenvalue weighted by molar-refractivity contribution is -0.118. The first-order valence-corrected chi connectivity index (χ1v) is 10.0. The first kappa shape index (κ1) is 20.2. The molecule has 4 nitrogen and oxygen atoms in total. The quantitative estimate of drug-likeness (QED) is 0.813. The number of piperidine rings is 1. The number of carbonyl (C=O) groups excluding carboxylic acids is 1. The number of amides is 1. The predicted molar refractivity (Wildman–Crippen MR) is 116 cm³/mol. The lowest BCUT2D eigenvalue weighted by atomic mass is 9.82. The van der Waals surface area contributed by atoms with Gasteiger partial charge in [-0.3, -0.25) is 4.79 Å². The molecular weight excluding hydrogens is 348 g/mol. The van der Waals surface area contributed by atoms with Crippen LogP contribution in [-0.4, -0.2) is 31.6 Å². The molecule has 2 aliphatic heterocycles. The second kappa shape index (κ2) is 8.61. The van der Waals surface area contributed by atoms with Crippen LogP contribution in [0.2, 0.25) is 0 Å². The fraction of sp³-hybridized carbons (Fsp3) is 0.375. The van der Waals surface area contributed by atoms with Gasteiger partial charge in [-0.1, -0.05) is 44.4 Å². The van der Waals surface area contributed by atoms with Gasteiger partial charge in [0.25, 0.3) is 0 Å². The van der Waals surface area contributed by atoms with Gasteiger partial charge < -0.3 is 15.0 Å². The standard InChI is InChI=1S/C24H30N2O2/c1-5-7-21-18(3)28-24(13-15-25-16-14-24)17-22(21)19-9-11-20(12-10-19)26(4)23(27)8-6-2/h5,7,9-12,17,25H,1,3,6,8,13-16H2,2,4H3/b21-7+. The van der Waals surface area contributed by atoms with E-state index in [0.717, 1.165) is 54.7 Å². The summed E-state index contributed by atoms with van der Waals surface area (Å²) in [5.41, 5.74) is 3.77. The molecule has 2 aliphatic rings. The number of hydrogen-bond acceptors (Lipinski definition) is 3. The van der Waals surface area contributed by atoms with Crippen LogP contribution in [0.25, 0.3) is 5.57 Å². The summed E-state index contributed by atoms with van der Waals surface area (Å²) in [6.07, 6.45) is 9.22. The van der Waals surface area contributed by atoms with Gasteiger partial charge in [-0.15, -0.1) is 0 Å². The first-order chi connectivity index (χ1) is 13.5. The van der Waals surface area contributed by atoms with Crippen LogP contribution < -0.4 is 10.2 Å². The smallest absolute Gasteiger partial charge is 0.226 e. The summed E-state index contributed by atoms with van der Waals surface area (Å²) in [7, 11) is 1.83. The van der Waals surface area contributed by atoms with Gasteiger partial charge in [-0.05, 0) is 48.9 Å². The molecule has 0 aromatic heterocycles. The molecule has 3 rings (SSSR count). The molecule has 1 saturated heterocycles. The Labute approximate surface area is 168 Å². The third-order valence-electron chi connectivity index (χ3n) is 5.46. The van der Waals surface area contributed by atoms with Crippen LogP contribution in [0.4, 0.5) is 5.69 Å². The van der Waals surface area contributed by atoms with Crippen molar-refractivity contribution in [3.8, 4) is 0 Å². The number of allylic oxidation sites excluding steroid dienone is 3. The average Bonchev–Trinajstić information content (AvgIpc) is 2.70. The highest BCUT2D eigenvalue weighted by molar-refractivity contribution is 5.93. The van der Waals surface area contributed by atoms with Crippen molar-refractivity contribution in [2.75, 3.05) is 25.0 Å². The molecule has 2 heterocycles. The van der Waals surface area contributed by atoms with Crippen LogP contribution in [0, 0.1) is 0 Å². The molecule has 0 bridgehead atoms. The molecule has 0 radical (unpaired) electrons. The molecule has 0 unspecified atom stereocenters. The van der Waals surface area contributed by atoms with Gasteiger partial charge >= 0.3 is 0 Å². The molecule has 0 atom stereocenters. The minimum atomic E-state index is -0.303. The normalized spacial score (nSPS) is 19.9. The van der Waals surface area contributed by atoms with Crippen molar-refractivity contribution in [1.29, 1.82) is 0 Å². The summed E-state index contributed by atoms with van der Waals surface area (Å²) in [5.74, 6) is 0.827. The number of anilines is 1. The number of nitrogens with one attached hydrogen (secondary N) is 1. The highest BCUT2D eigenvalue weighted by Gasteiger charge is 2.37. The van der Waals surface area contributed by atoms with Gasteiger partial charge in [-0.2, -0.15) is 0 Å². The molecule has 1 spiro atoms. The van der Waals surface area contributed by atoms with Crippen molar-refractivity contribution in [2.45, 2.75) is 38.2 Å². The Morgan fingerprint density at radius 2 is 1.96 bits per heavy atom. The van der Waals surface area contributed by atoms with Crippen molar-refractivity contribution in [2.24, 2.45) is 0 Å². The number of hydrogen-bond donors (Lipinski definition) is 1. The van der Waals surface area contributed by atoms with E-state index in [4.69, 9.17) is 4.74 Å². The number of rotatable bonds is 5. The van der Waals surface area contributed by atoms with Crippen LogP contribution >= 0.6 is 0 Å². The summed E-state index contributed by atoms with van der Waals surface area (Å²) in [4.78, 5) is 13.9. The number of ether oxygens (including phenoxy) is 1. The summed E-state index contributed by atoms with van der Waals surface area (Å²) < 4.78 is 6.27. The van der Waals surface area contributed by atoms with E-state index >= 15 is 0 Å². The minimum absolute atomic E-state index is 0.134. The van der Waals surface area contributed by atoms with Crippen molar-refractivity contribution < 1.29 is 9.53 Å². The third-order valence-corrected chi connectivity index (χ3v) is 5.46. The van der Waals surface area contributed by atoms with Crippen molar-refractivity contribution in [1.82, 2.24) is 5.32 Å². The van der Waals surface area contributed by atoms with E-state index in [1.807, 2.05) is 32.2 Å². The first-order valence-electron chi connectivity index (χ1n) is 10.0. The number of nitrogens with zero attached hydrogens (tertiary/aromatic N) is 1. The summed E-state index contributed by atoms with van der Waals surface area (Å²) >= 11 is 0. The van der Waals surface area contributed by atoms with Crippen LogP contribution in [-0.2, 0) is 9.53 Å². The van der Waals surface area contributed by atoms with Gasteiger partial charge in [0, 0.05) is 37.6 Å². The SMILES string of the molecule is C=C/C=C1\C(=C)OC2(C=C1c1ccc(N(C)C(=O)CCC)cc1)CCNCC2. The zero-order valence-electron chi connectivity index (χ0n) is 17.0. The highest BCUT2D eigenvalue weighted by atomic mass is 16.5. The molecule has 148 valence electrons. The monoisotopic (exact) mass is 378 g/mol. The largest absolute Gasteiger partial charge is 0.483 e. The molecule has 1 aromatic carbocycles. The van der Waals surface area contributed by atoms with E-state index in [0.29, 0.717) is 12.2 Å². The van der Waals surface area contributed by atoms with Gasteiger partial charge in [0.05, 0.1) is 0 Å². The van der Waals surface area contributed by atoms with E-state index in [2.05, 4.69) is 36.7 Å². The maximum atomic E-state index is 12.2. The molecule has 0 saturated carbocycles. The van der Waals surface area contributed by atoms with Crippen LogP contribution in [0.5, 0.6) is 0 Å². The zero-order valence-corrected chi connectivity index (χ0v) is 17.0. The molecular formula is C24H30N2O2. The van der Waals surface area contributed by atoms with E-state index < -0.39 is 0 Å². The molecule has 4 heteroatoms. The van der Waals surface area contributed by atoms with Gasteiger partial charge in [-0.25, -0.2) is 0 Å². The molecule has 0 aliphatic carbocycles. The van der Waals surface area contributed by atoms with Crippen molar-refractivity contribution >= 4 is 17.2 Å². The average molecular weight is 379 g/mol. The van der Waals surface area contributed by atoms with E-state index in [9.17, 15) is 4.79 Å². The fourth-order valence-corrected chi connectivity index (χ4v) is 3.85. The molecule has 1 aromatic rings. The van der Waals surface area contributed by atoms with Crippen LogP contribution in [0.3, 0.4) is 0 Å². The second-order valence-electron chi connectivity index (χ2n) is 7.46. The van der Waals surface area contributed by atoms with E-state index in [-0.39, 0.29) is 11.5 Å². The van der Waals surface area contributed by atoms with E-state index in [1.165, 1.54) is 0 Å². The Morgan fingerprint density at radius 3 is 2.57 bits per heavy atom. The zero-order chi connectivity index (χ0) is 20.1. The predicted octanol–water partition coefficient (Wildman–Crippen LogP) is 4.61. The van der Waals surface area contributed by atoms with Gasteiger partial charge in [0.15, 0.2) is 0 Å². The summed E-state index contributed by atoms with van der Waals surface area (Å²) in [6.45, 7) is 11.9. The Morgan fingerprint density at radius 1 is 1.29 bits per heavy atom. The Bertz CT molecular complexity index is 812. The lowest BCUT2D eigenvalue weighted by Gasteiger charge is -2.41. The lowest BCUT2D eigenvalue weighted by Crippen LogP contribution is -2.44. The van der Waals surface area contributed by atoms with Crippen molar-refractivity contribution in [3.05, 3.63) is 72.5 Å². The number of benzene rings is 1. The molecule has 1 fully saturated rings. The Kier molecular flexibility index (Phi) is 6.20. The maximum Gasteiger partial charge on any atom is 0.226 e. The summed E-state index contributed by atoms with van der Waals surface area (Å²) in [5, 5.41) is 3.40. The van der Waals surface area contributed by atoms with Crippen LogP contribution in [0.1, 0.15) is 38.2 Å². The molecule has 1 amide bonds. The number of carbonyl (C=O) groups is 1. The minimum Gasteiger partial charge on any atom is -0.483 e. The van der Waals surface area contributed by atoms with Crippen LogP contribution in [0.15, 0.2) is 67.0 Å².